The van der Waals surface area contributed by atoms with Gasteiger partial charge < -0.3 is 26.0 Å². The van der Waals surface area contributed by atoms with Gasteiger partial charge in [0.2, 0.25) is 0 Å². The lowest BCUT2D eigenvalue weighted by Crippen LogP contribution is -2.55. The van der Waals surface area contributed by atoms with E-state index in [-0.39, 0.29) is 22.6 Å². The average molecular weight is 546 g/mol. The molecule has 0 spiro atoms. The molecule has 0 saturated heterocycles. The summed E-state index contributed by atoms with van der Waals surface area (Å²) >= 11 is 0. The van der Waals surface area contributed by atoms with Crippen LogP contribution in [0.15, 0.2) is 53.3 Å². The van der Waals surface area contributed by atoms with Crippen LogP contribution >= 0.6 is 0 Å². The van der Waals surface area contributed by atoms with Gasteiger partial charge in [-0.05, 0) is 86.8 Å². The Labute approximate surface area is 233 Å². The third-order valence-electron chi connectivity index (χ3n) is 8.68. The number of allylic oxidation sites excluding steroid dienone is 1. The van der Waals surface area contributed by atoms with Gasteiger partial charge in [-0.1, -0.05) is 31.2 Å². The molecule has 0 radical (unpaired) electrons. The van der Waals surface area contributed by atoms with Crippen molar-refractivity contribution < 1.29 is 29.7 Å². The van der Waals surface area contributed by atoms with Crippen LogP contribution in [0.1, 0.15) is 30.0 Å². The van der Waals surface area contributed by atoms with E-state index >= 15 is 0 Å². The van der Waals surface area contributed by atoms with Crippen LogP contribution in [0.3, 0.4) is 0 Å². The van der Waals surface area contributed by atoms with Crippen molar-refractivity contribution in [3.05, 3.63) is 70.0 Å². The summed E-state index contributed by atoms with van der Waals surface area (Å²) in [5.41, 5.74) is 8.75. The predicted octanol–water partition coefficient (Wildman–Crippen LogP) is 2.97. The molecule has 4 atom stereocenters. The van der Waals surface area contributed by atoms with Gasteiger partial charge in [0, 0.05) is 12.1 Å². The second kappa shape index (κ2) is 10.2. The SMILES string of the molecule is CCN(C)Cc1cccc(-c2ccc(O)c3c2CC2CC4C(C(=O)C(C(N)=O)=C(O)C4N(C)C)C(=O)C2=C3O)c1. The number of phenolic OH excluding ortho intramolecular Hbond substituents is 1. The molecule has 2 aromatic rings. The Kier molecular flexibility index (Phi) is 7.06. The predicted molar refractivity (Wildman–Crippen MR) is 150 cm³/mol. The number of amides is 1. The van der Waals surface area contributed by atoms with Crippen molar-refractivity contribution >= 4 is 23.2 Å². The van der Waals surface area contributed by atoms with E-state index in [0.717, 1.165) is 35.3 Å². The topological polar surface area (TPSA) is 144 Å². The second-order valence-corrected chi connectivity index (χ2v) is 11.3. The van der Waals surface area contributed by atoms with Crippen LogP contribution in [0.4, 0.5) is 0 Å². The molecule has 1 fully saturated rings. The van der Waals surface area contributed by atoms with E-state index in [1.54, 1.807) is 19.0 Å². The molecule has 0 aromatic heterocycles. The van der Waals surface area contributed by atoms with Crippen LogP contribution in [-0.4, -0.2) is 76.3 Å². The number of benzene rings is 2. The maximum Gasteiger partial charge on any atom is 0.255 e. The third kappa shape index (κ3) is 4.30. The number of aromatic hydroxyl groups is 1. The molecule has 9 nitrogen and oxygen atoms in total. The van der Waals surface area contributed by atoms with E-state index in [1.165, 1.54) is 6.07 Å². The number of likely N-dealkylation sites (N-methyl/N-ethyl adjacent to an activating group) is 1. The summed E-state index contributed by atoms with van der Waals surface area (Å²) in [6.07, 6.45) is 0.671. The summed E-state index contributed by atoms with van der Waals surface area (Å²) in [5, 5.41) is 33.2. The monoisotopic (exact) mass is 545 g/mol. The van der Waals surface area contributed by atoms with Gasteiger partial charge in [0.1, 0.15) is 22.8 Å². The Balaban J connectivity index is 1.63. The van der Waals surface area contributed by atoms with Crippen LogP contribution in [0.2, 0.25) is 0 Å². The van der Waals surface area contributed by atoms with Gasteiger partial charge >= 0.3 is 0 Å². The minimum absolute atomic E-state index is 0.0792. The molecule has 0 bridgehead atoms. The van der Waals surface area contributed by atoms with Crippen molar-refractivity contribution in [2.45, 2.75) is 32.4 Å². The molecule has 9 heteroatoms. The maximum absolute atomic E-state index is 13.9. The standard InChI is InChI=1S/C31H35N3O6/c1-5-34(4)14-15-7-6-8-16(11-15)18-9-10-21(35)23-19(18)12-17-13-20-24(28(37)22(17)27(23)36)29(38)25(31(32)40)30(39)26(20)33(2)3/h6-11,17,20,24,26,35-36,39H,5,12-14H2,1-4H3,(H2,32,40). The molecule has 210 valence electrons. The number of aliphatic hydroxyl groups excluding tert-OH is 2. The summed E-state index contributed by atoms with van der Waals surface area (Å²) < 4.78 is 0. The Morgan fingerprint density at radius 1 is 1.05 bits per heavy atom. The number of hydrogen-bond acceptors (Lipinski definition) is 8. The van der Waals surface area contributed by atoms with Crippen molar-refractivity contribution in [1.82, 2.24) is 9.80 Å². The minimum Gasteiger partial charge on any atom is -0.510 e. The summed E-state index contributed by atoms with van der Waals surface area (Å²) in [5.74, 6) is -5.76. The molecule has 4 unspecified atom stereocenters. The lowest BCUT2D eigenvalue weighted by molar-refractivity contribution is -0.136. The van der Waals surface area contributed by atoms with E-state index in [4.69, 9.17) is 5.73 Å². The summed E-state index contributed by atoms with van der Waals surface area (Å²) in [4.78, 5) is 43.2. The Hall–Kier alpha value is -3.95. The normalized spacial score (nSPS) is 24.4. The van der Waals surface area contributed by atoms with Gasteiger partial charge in [-0.15, -0.1) is 0 Å². The Bertz CT molecular complexity index is 1490. The van der Waals surface area contributed by atoms with E-state index in [9.17, 15) is 29.7 Å². The first kappa shape index (κ1) is 27.6. The number of primary amides is 1. The number of rotatable bonds is 6. The van der Waals surface area contributed by atoms with Gasteiger partial charge in [0.25, 0.3) is 5.91 Å². The molecule has 0 heterocycles. The molecule has 5 N–H and O–H groups in total. The molecule has 40 heavy (non-hydrogen) atoms. The molecule has 3 aliphatic rings. The first-order valence-corrected chi connectivity index (χ1v) is 13.5. The van der Waals surface area contributed by atoms with Crippen molar-refractivity contribution in [3.8, 4) is 16.9 Å². The van der Waals surface area contributed by atoms with Crippen molar-refractivity contribution in [2.75, 3.05) is 27.7 Å². The van der Waals surface area contributed by atoms with Crippen LogP contribution in [0, 0.1) is 17.8 Å². The van der Waals surface area contributed by atoms with E-state index in [0.29, 0.717) is 12.8 Å². The summed E-state index contributed by atoms with van der Waals surface area (Å²) in [6, 6.07) is 10.7. The number of nitrogens with zero attached hydrogens (tertiary/aromatic N) is 2. The maximum atomic E-state index is 13.9. The molecule has 1 amide bonds. The van der Waals surface area contributed by atoms with E-state index in [2.05, 4.69) is 24.0 Å². The molecule has 0 aliphatic heterocycles. The number of phenols is 1. The fraction of sp³-hybridized carbons (Fsp3) is 0.387. The fourth-order valence-corrected chi connectivity index (χ4v) is 6.80. The number of nitrogens with two attached hydrogens (primary N) is 1. The molecule has 2 aromatic carbocycles. The highest BCUT2D eigenvalue weighted by Gasteiger charge is 2.55. The van der Waals surface area contributed by atoms with Gasteiger partial charge in [-0.3, -0.25) is 19.3 Å². The third-order valence-corrected chi connectivity index (χ3v) is 8.68. The highest BCUT2D eigenvalue weighted by Crippen LogP contribution is 2.51. The lowest BCUT2D eigenvalue weighted by Gasteiger charge is -2.46. The number of carbonyl (C=O) groups excluding carboxylic acids is 3. The number of hydrogen-bond donors (Lipinski definition) is 4. The lowest BCUT2D eigenvalue weighted by atomic mass is 9.59. The molecule has 3 aliphatic carbocycles. The largest absolute Gasteiger partial charge is 0.510 e. The van der Waals surface area contributed by atoms with Crippen molar-refractivity contribution in [2.24, 2.45) is 23.5 Å². The second-order valence-electron chi connectivity index (χ2n) is 11.3. The highest BCUT2D eigenvalue weighted by atomic mass is 16.3. The van der Waals surface area contributed by atoms with Gasteiger partial charge in [-0.25, -0.2) is 0 Å². The highest BCUT2D eigenvalue weighted by molar-refractivity contribution is 6.28. The van der Waals surface area contributed by atoms with Crippen LogP contribution in [0.5, 0.6) is 5.75 Å². The Morgan fingerprint density at radius 3 is 2.42 bits per heavy atom. The molecular weight excluding hydrogens is 510 g/mol. The van der Waals surface area contributed by atoms with Gasteiger partial charge in [0.15, 0.2) is 11.6 Å². The first-order chi connectivity index (χ1) is 19.0. The molecule has 1 saturated carbocycles. The van der Waals surface area contributed by atoms with Gasteiger partial charge in [-0.2, -0.15) is 0 Å². The summed E-state index contributed by atoms with van der Waals surface area (Å²) in [7, 11) is 5.45. The molecular formula is C31H35N3O6. The average Bonchev–Trinajstić information content (AvgIpc) is 2.88. The molecule has 5 rings (SSSR count). The number of aliphatic hydroxyl groups is 2. The fourth-order valence-electron chi connectivity index (χ4n) is 6.80. The number of Topliss-reactive ketones (excluding diaryl/α,β-unsaturated/α-hetero) is 2. The number of ketones is 2. The van der Waals surface area contributed by atoms with Crippen molar-refractivity contribution in [1.29, 1.82) is 0 Å². The van der Waals surface area contributed by atoms with Gasteiger partial charge in [0.05, 0.1) is 17.5 Å². The summed E-state index contributed by atoms with van der Waals surface area (Å²) in [6.45, 7) is 3.76. The number of carbonyl (C=O) groups is 3. The quantitative estimate of drug-likeness (QED) is 0.320. The van der Waals surface area contributed by atoms with Crippen LogP contribution < -0.4 is 5.73 Å². The van der Waals surface area contributed by atoms with Crippen LogP contribution in [0.25, 0.3) is 16.9 Å². The van der Waals surface area contributed by atoms with E-state index < -0.39 is 52.6 Å². The van der Waals surface area contributed by atoms with Crippen LogP contribution in [-0.2, 0) is 27.3 Å². The number of fused-ring (bicyclic) bond motifs is 3. The van der Waals surface area contributed by atoms with E-state index in [1.807, 2.05) is 25.2 Å². The zero-order chi connectivity index (χ0) is 29.0. The zero-order valence-corrected chi connectivity index (χ0v) is 23.1. The zero-order valence-electron chi connectivity index (χ0n) is 23.1. The smallest absolute Gasteiger partial charge is 0.255 e. The first-order valence-electron chi connectivity index (χ1n) is 13.5. The minimum atomic E-state index is -1.27. The van der Waals surface area contributed by atoms with Crippen molar-refractivity contribution in [3.63, 3.8) is 0 Å². The Morgan fingerprint density at radius 2 is 1.77 bits per heavy atom.